The van der Waals surface area contributed by atoms with E-state index < -0.39 is 0 Å². The number of carbonyl (C=O) groups excluding carboxylic acids is 1. The van der Waals surface area contributed by atoms with Crippen LogP contribution in [-0.4, -0.2) is 52.0 Å². The molecule has 172 valence electrons. The minimum Gasteiger partial charge on any atom is -0.347 e. The van der Waals surface area contributed by atoms with Gasteiger partial charge in [-0.05, 0) is 68.9 Å². The molecule has 0 spiro atoms. The first kappa shape index (κ1) is 25.6. The number of hydrogen-bond donors (Lipinski definition) is 2. The number of hydrogen-bond acceptors (Lipinski definition) is 5. The fourth-order valence-electron chi connectivity index (χ4n) is 4.14. The van der Waals surface area contributed by atoms with Gasteiger partial charge in [-0.15, -0.1) is 29.9 Å². The first-order valence-corrected chi connectivity index (χ1v) is 10.9. The molecule has 31 heavy (non-hydrogen) atoms. The second-order valence-corrected chi connectivity index (χ2v) is 8.52. The zero-order valence-electron chi connectivity index (χ0n) is 18.1. The lowest BCUT2D eigenvalue weighted by molar-refractivity contribution is 0.0946. The van der Waals surface area contributed by atoms with Gasteiger partial charge < -0.3 is 10.6 Å². The van der Waals surface area contributed by atoms with E-state index in [0.717, 1.165) is 44.0 Å². The van der Waals surface area contributed by atoms with Gasteiger partial charge in [0.05, 0.1) is 12.2 Å². The van der Waals surface area contributed by atoms with Crippen LogP contribution in [0.5, 0.6) is 0 Å². The maximum Gasteiger partial charge on any atom is 0.273 e. The lowest BCUT2D eigenvalue weighted by Gasteiger charge is -2.30. The number of nitrogens with one attached hydrogen (secondary N) is 2. The van der Waals surface area contributed by atoms with Gasteiger partial charge in [0.25, 0.3) is 5.91 Å². The molecule has 2 aliphatic heterocycles. The van der Waals surface area contributed by atoms with E-state index in [9.17, 15) is 4.79 Å². The summed E-state index contributed by atoms with van der Waals surface area (Å²) in [6.45, 7) is 8.21. The molecular formula is C22H34Cl2N6O. The Kier molecular flexibility index (Phi) is 10.2. The van der Waals surface area contributed by atoms with Gasteiger partial charge in [0.1, 0.15) is 0 Å². The number of likely N-dealkylation sites (tertiary alicyclic amines) is 1. The summed E-state index contributed by atoms with van der Waals surface area (Å²) in [5, 5.41) is 14.5. The van der Waals surface area contributed by atoms with Crippen molar-refractivity contribution in [2.45, 2.75) is 51.7 Å². The third-order valence-electron chi connectivity index (χ3n) is 6.18. The Balaban J connectivity index is 0.00000171. The van der Waals surface area contributed by atoms with Crippen LogP contribution in [0.15, 0.2) is 30.5 Å². The Morgan fingerprint density at radius 2 is 1.71 bits per heavy atom. The predicted molar refractivity (Wildman–Crippen MR) is 127 cm³/mol. The highest BCUT2D eigenvalue weighted by Gasteiger charge is 2.19. The van der Waals surface area contributed by atoms with Crippen LogP contribution in [0.2, 0.25) is 0 Å². The second kappa shape index (κ2) is 12.4. The summed E-state index contributed by atoms with van der Waals surface area (Å²) >= 11 is 0. The number of aromatic nitrogens is 3. The van der Waals surface area contributed by atoms with Crippen LogP contribution in [0.25, 0.3) is 0 Å². The van der Waals surface area contributed by atoms with Gasteiger partial charge >= 0.3 is 0 Å². The smallest absolute Gasteiger partial charge is 0.273 e. The van der Waals surface area contributed by atoms with Crippen molar-refractivity contribution >= 4 is 30.7 Å². The lowest BCUT2D eigenvalue weighted by Crippen LogP contribution is -2.32. The molecule has 0 unspecified atom stereocenters. The van der Waals surface area contributed by atoms with Crippen molar-refractivity contribution in [3.05, 3.63) is 47.3 Å². The minimum atomic E-state index is -0.170. The molecule has 0 aliphatic carbocycles. The molecule has 1 aromatic heterocycles. The normalized spacial score (nSPS) is 18.1. The van der Waals surface area contributed by atoms with Gasteiger partial charge in [-0.1, -0.05) is 36.4 Å². The van der Waals surface area contributed by atoms with Crippen LogP contribution < -0.4 is 10.6 Å². The number of benzene rings is 1. The maximum absolute atomic E-state index is 12.4. The molecule has 2 saturated heterocycles. The molecule has 0 saturated carbocycles. The molecule has 7 nitrogen and oxygen atoms in total. The van der Waals surface area contributed by atoms with Gasteiger partial charge in [0, 0.05) is 13.1 Å². The van der Waals surface area contributed by atoms with Crippen LogP contribution in [0.1, 0.15) is 60.3 Å². The van der Waals surface area contributed by atoms with E-state index in [4.69, 9.17) is 0 Å². The van der Waals surface area contributed by atoms with E-state index in [-0.39, 0.29) is 30.7 Å². The summed E-state index contributed by atoms with van der Waals surface area (Å²) < 4.78 is 1.84. The molecular weight excluding hydrogens is 435 g/mol. The predicted octanol–water partition coefficient (Wildman–Crippen LogP) is 3.21. The molecule has 2 fully saturated rings. The first-order valence-electron chi connectivity index (χ1n) is 10.9. The van der Waals surface area contributed by atoms with Crippen molar-refractivity contribution < 1.29 is 4.79 Å². The van der Waals surface area contributed by atoms with Gasteiger partial charge in [0.2, 0.25) is 0 Å². The minimum absolute atomic E-state index is 0. The number of amides is 1. The molecule has 9 heteroatoms. The number of halogens is 2. The molecule has 1 aromatic carbocycles. The molecule has 0 bridgehead atoms. The number of nitrogens with zero attached hydrogens (tertiary/aromatic N) is 4. The highest BCUT2D eigenvalue weighted by molar-refractivity contribution is 5.91. The highest BCUT2D eigenvalue weighted by atomic mass is 35.5. The monoisotopic (exact) mass is 468 g/mol. The Morgan fingerprint density at radius 3 is 2.39 bits per heavy atom. The summed E-state index contributed by atoms with van der Waals surface area (Å²) in [5.74, 6) is 0.690. The quantitative estimate of drug-likeness (QED) is 0.680. The fourth-order valence-corrected chi connectivity index (χ4v) is 4.14. The van der Waals surface area contributed by atoms with Crippen LogP contribution in [0.3, 0.4) is 0 Å². The van der Waals surface area contributed by atoms with E-state index in [1.165, 1.54) is 31.5 Å². The van der Waals surface area contributed by atoms with Crippen molar-refractivity contribution in [2.75, 3.05) is 26.2 Å². The van der Waals surface area contributed by atoms with Gasteiger partial charge in [-0.25, -0.2) is 4.68 Å². The third-order valence-corrected chi connectivity index (χ3v) is 6.18. The molecule has 1 amide bonds. The van der Waals surface area contributed by atoms with E-state index in [0.29, 0.717) is 18.3 Å². The van der Waals surface area contributed by atoms with Crippen molar-refractivity contribution in [1.82, 2.24) is 30.5 Å². The van der Waals surface area contributed by atoms with Gasteiger partial charge in [0.15, 0.2) is 5.69 Å². The number of rotatable bonds is 6. The fraction of sp³-hybridized carbons (Fsp3) is 0.591. The summed E-state index contributed by atoms with van der Waals surface area (Å²) in [4.78, 5) is 15.0. The highest BCUT2D eigenvalue weighted by Crippen LogP contribution is 2.19. The summed E-state index contributed by atoms with van der Waals surface area (Å²) in [5.41, 5.74) is 2.82. The van der Waals surface area contributed by atoms with Crippen molar-refractivity contribution in [1.29, 1.82) is 0 Å². The first-order chi connectivity index (χ1) is 14.2. The maximum atomic E-state index is 12.4. The Hall–Kier alpha value is -1.67. The van der Waals surface area contributed by atoms with Crippen molar-refractivity contribution in [3.63, 3.8) is 0 Å². The zero-order chi connectivity index (χ0) is 20.1. The molecule has 3 heterocycles. The van der Waals surface area contributed by atoms with Crippen molar-refractivity contribution in [3.8, 4) is 0 Å². The van der Waals surface area contributed by atoms with Crippen molar-refractivity contribution in [2.24, 2.45) is 5.92 Å². The van der Waals surface area contributed by atoms with E-state index in [1.807, 2.05) is 4.68 Å². The Labute approximate surface area is 197 Å². The molecule has 4 rings (SSSR count). The van der Waals surface area contributed by atoms with Gasteiger partial charge in [-0.2, -0.15) is 0 Å². The van der Waals surface area contributed by atoms with Crippen LogP contribution in [0.4, 0.5) is 0 Å². The average Bonchev–Trinajstić information content (AvgIpc) is 3.26. The SMILES string of the molecule is CC1CCN(Cc2ccc(CNC(=O)c3cn(C4CCNCC4)nn3)cc2)CC1.Cl.Cl. The molecule has 0 radical (unpaired) electrons. The molecule has 2 aromatic rings. The van der Waals surface area contributed by atoms with E-state index in [2.05, 4.69) is 57.0 Å². The number of piperidine rings is 2. The number of carbonyl (C=O) groups is 1. The zero-order valence-corrected chi connectivity index (χ0v) is 19.8. The lowest BCUT2D eigenvalue weighted by atomic mass is 9.99. The Bertz CT molecular complexity index is 799. The summed E-state index contributed by atoms with van der Waals surface area (Å²) in [6.07, 6.45) is 6.41. The average molecular weight is 469 g/mol. The summed E-state index contributed by atoms with van der Waals surface area (Å²) in [7, 11) is 0. The largest absolute Gasteiger partial charge is 0.347 e. The second-order valence-electron chi connectivity index (χ2n) is 8.52. The molecule has 2 aliphatic rings. The standard InChI is InChI=1S/C22H32N6O.2ClH/c1-17-8-12-27(13-9-17)15-19-4-2-18(3-5-19)14-24-22(29)21-16-28(26-25-21)20-6-10-23-11-7-20;;/h2-5,16-17,20,23H,6-15H2,1H3,(H,24,29);2*1H. The third kappa shape index (κ3) is 7.17. The van der Waals surface area contributed by atoms with E-state index in [1.54, 1.807) is 6.20 Å². The van der Waals surface area contributed by atoms with Gasteiger partial charge in [-0.3, -0.25) is 9.69 Å². The van der Waals surface area contributed by atoms with Crippen LogP contribution >= 0.6 is 24.8 Å². The molecule has 2 N–H and O–H groups in total. The summed E-state index contributed by atoms with van der Waals surface area (Å²) in [6, 6.07) is 8.89. The molecule has 0 atom stereocenters. The topological polar surface area (TPSA) is 75.1 Å². The van der Waals surface area contributed by atoms with E-state index >= 15 is 0 Å². The van der Waals surface area contributed by atoms with Crippen LogP contribution in [0, 0.1) is 5.92 Å². The Morgan fingerprint density at radius 1 is 1.06 bits per heavy atom. The van der Waals surface area contributed by atoms with Crippen LogP contribution in [-0.2, 0) is 13.1 Å².